The number of benzene rings is 1. The maximum absolute atomic E-state index is 11.9. The SMILES string of the molecule is CC(C)(C)NSc1ccc(NC(=O)NCc2ccncc2)cc1. The summed E-state index contributed by atoms with van der Waals surface area (Å²) in [6, 6.07) is 11.2. The Morgan fingerprint density at radius 3 is 2.35 bits per heavy atom. The van der Waals surface area contributed by atoms with E-state index in [0.29, 0.717) is 6.54 Å². The lowest BCUT2D eigenvalue weighted by Crippen LogP contribution is -2.29. The third-order valence-corrected chi connectivity index (χ3v) is 4.01. The van der Waals surface area contributed by atoms with E-state index >= 15 is 0 Å². The van der Waals surface area contributed by atoms with Crippen LogP contribution >= 0.6 is 11.9 Å². The minimum atomic E-state index is -0.227. The van der Waals surface area contributed by atoms with Gasteiger partial charge in [-0.05, 0) is 74.7 Å². The van der Waals surface area contributed by atoms with E-state index in [0.717, 1.165) is 16.1 Å². The topological polar surface area (TPSA) is 66.0 Å². The van der Waals surface area contributed by atoms with Crippen molar-refractivity contribution in [2.24, 2.45) is 0 Å². The summed E-state index contributed by atoms with van der Waals surface area (Å²) < 4.78 is 3.35. The number of carbonyl (C=O) groups excluding carboxylic acids is 1. The lowest BCUT2D eigenvalue weighted by molar-refractivity contribution is 0.251. The highest BCUT2D eigenvalue weighted by atomic mass is 32.2. The first-order valence-corrected chi connectivity index (χ1v) is 8.22. The van der Waals surface area contributed by atoms with Crippen molar-refractivity contribution in [1.82, 2.24) is 15.0 Å². The molecule has 2 amide bonds. The summed E-state index contributed by atoms with van der Waals surface area (Å²) in [5.41, 5.74) is 1.82. The molecule has 3 N–H and O–H groups in total. The fourth-order valence-electron chi connectivity index (χ4n) is 1.68. The second-order valence-electron chi connectivity index (χ2n) is 6.14. The molecule has 0 spiro atoms. The number of nitrogens with one attached hydrogen (secondary N) is 3. The van der Waals surface area contributed by atoms with Crippen molar-refractivity contribution in [3.8, 4) is 0 Å². The molecule has 0 radical (unpaired) electrons. The molecule has 0 atom stereocenters. The minimum Gasteiger partial charge on any atom is -0.334 e. The van der Waals surface area contributed by atoms with Crippen LogP contribution in [-0.4, -0.2) is 16.6 Å². The van der Waals surface area contributed by atoms with E-state index in [9.17, 15) is 4.79 Å². The summed E-state index contributed by atoms with van der Waals surface area (Å²) >= 11 is 1.58. The molecule has 1 aromatic heterocycles. The molecule has 2 aromatic rings. The Hall–Kier alpha value is -2.05. The van der Waals surface area contributed by atoms with Gasteiger partial charge in [0, 0.05) is 35.1 Å². The van der Waals surface area contributed by atoms with Crippen LogP contribution in [0.2, 0.25) is 0 Å². The van der Waals surface area contributed by atoms with Crippen molar-refractivity contribution in [2.75, 3.05) is 5.32 Å². The summed E-state index contributed by atoms with van der Waals surface area (Å²) in [5.74, 6) is 0. The van der Waals surface area contributed by atoms with Crippen molar-refractivity contribution < 1.29 is 4.79 Å². The van der Waals surface area contributed by atoms with Gasteiger partial charge in [0.1, 0.15) is 0 Å². The quantitative estimate of drug-likeness (QED) is 0.730. The van der Waals surface area contributed by atoms with Gasteiger partial charge in [-0.25, -0.2) is 4.79 Å². The molecule has 0 saturated heterocycles. The lowest BCUT2D eigenvalue weighted by atomic mass is 10.1. The van der Waals surface area contributed by atoms with Gasteiger partial charge in [0.05, 0.1) is 0 Å². The molecule has 1 aromatic carbocycles. The van der Waals surface area contributed by atoms with E-state index in [2.05, 4.69) is 41.1 Å². The Balaban J connectivity index is 1.80. The van der Waals surface area contributed by atoms with Crippen molar-refractivity contribution in [1.29, 1.82) is 0 Å². The Morgan fingerprint density at radius 2 is 1.74 bits per heavy atom. The van der Waals surface area contributed by atoms with E-state index < -0.39 is 0 Å². The number of nitrogens with zero attached hydrogens (tertiary/aromatic N) is 1. The summed E-state index contributed by atoms with van der Waals surface area (Å²) in [7, 11) is 0. The van der Waals surface area contributed by atoms with Crippen LogP contribution in [0.1, 0.15) is 26.3 Å². The van der Waals surface area contributed by atoms with E-state index in [-0.39, 0.29) is 11.6 Å². The largest absolute Gasteiger partial charge is 0.334 e. The fourth-order valence-corrected chi connectivity index (χ4v) is 2.37. The zero-order valence-electron chi connectivity index (χ0n) is 13.6. The second-order valence-corrected chi connectivity index (χ2v) is 7.02. The third kappa shape index (κ3) is 6.71. The molecule has 0 aliphatic carbocycles. The molecule has 0 aliphatic heterocycles. The summed E-state index contributed by atoms with van der Waals surface area (Å²) in [6.07, 6.45) is 3.41. The maximum atomic E-state index is 11.9. The molecule has 0 fully saturated rings. The van der Waals surface area contributed by atoms with Gasteiger partial charge in [0.15, 0.2) is 0 Å². The third-order valence-electron chi connectivity index (χ3n) is 2.79. The molecule has 122 valence electrons. The summed E-state index contributed by atoms with van der Waals surface area (Å²) in [6.45, 7) is 6.81. The van der Waals surface area contributed by atoms with Crippen LogP contribution in [0, 0.1) is 0 Å². The highest BCUT2D eigenvalue weighted by Gasteiger charge is 2.09. The number of carbonyl (C=O) groups is 1. The first kappa shape index (κ1) is 17.3. The number of hydrogen-bond donors (Lipinski definition) is 3. The van der Waals surface area contributed by atoms with Crippen LogP contribution in [0.5, 0.6) is 0 Å². The predicted octanol–water partition coefficient (Wildman–Crippen LogP) is 3.80. The zero-order valence-corrected chi connectivity index (χ0v) is 14.4. The van der Waals surface area contributed by atoms with Crippen LogP contribution in [-0.2, 0) is 6.54 Å². The van der Waals surface area contributed by atoms with E-state index in [1.54, 1.807) is 24.3 Å². The average molecular weight is 330 g/mol. The van der Waals surface area contributed by atoms with E-state index in [4.69, 9.17) is 0 Å². The molecule has 6 heteroatoms. The van der Waals surface area contributed by atoms with Crippen molar-refractivity contribution in [3.63, 3.8) is 0 Å². The molecule has 2 rings (SSSR count). The minimum absolute atomic E-state index is 0.0500. The van der Waals surface area contributed by atoms with Gasteiger partial charge in [0.25, 0.3) is 0 Å². The van der Waals surface area contributed by atoms with Crippen LogP contribution in [0.4, 0.5) is 10.5 Å². The molecular formula is C17H22N4OS. The first-order chi connectivity index (χ1) is 10.9. The smallest absolute Gasteiger partial charge is 0.319 e. The monoisotopic (exact) mass is 330 g/mol. The van der Waals surface area contributed by atoms with E-state index in [1.807, 2.05) is 36.4 Å². The first-order valence-electron chi connectivity index (χ1n) is 7.40. The number of urea groups is 1. The van der Waals surface area contributed by atoms with Gasteiger partial charge in [0.2, 0.25) is 0 Å². The standard InChI is InChI=1S/C17H22N4OS/c1-17(2,3)21-23-15-6-4-14(5-7-15)20-16(22)19-12-13-8-10-18-11-9-13/h4-11,21H,12H2,1-3H3,(H2,19,20,22). The van der Waals surface area contributed by atoms with Crippen LogP contribution in [0.3, 0.4) is 0 Å². The molecular weight excluding hydrogens is 308 g/mol. The second kappa shape index (κ2) is 7.99. The van der Waals surface area contributed by atoms with Crippen molar-refractivity contribution in [2.45, 2.75) is 37.8 Å². The molecule has 1 heterocycles. The molecule has 5 nitrogen and oxygen atoms in total. The zero-order chi connectivity index (χ0) is 16.7. The summed E-state index contributed by atoms with van der Waals surface area (Å²) in [5, 5.41) is 5.63. The number of aromatic nitrogens is 1. The van der Waals surface area contributed by atoms with Crippen LogP contribution in [0.25, 0.3) is 0 Å². The predicted molar refractivity (Wildman–Crippen MR) is 95.3 cm³/mol. The Labute approximate surface area is 141 Å². The number of hydrogen-bond acceptors (Lipinski definition) is 4. The number of rotatable bonds is 5. The van der Waals surface area contributed by atoms with Crippen LogP contribution in [0.15, 0.2) is 53.7 Å². The maximum Gasteiger partial charge on any atom is 0.319 e. The summed E-state index contributed by atoms with van der Waals surface area (Å²) in [4.78, 5) is 16.9. The molecule has 0 unspecified atom stereocenters. The van der Waals surface area contributed by atoms with Gasteiger partial charge < -0.3 is 10.6 Å². The van der Waals surface area contributed by atoms with Gasteiger partial charge in [-0.1, -0.05) is 0 Å². The van der Waals surface area contributed by atoms with Gasteiger partial charge in [-0.3, -0.25) is 9.71 Å². The molecule has 0 aliphatic rings. The van der Waals surface area contributed by atoms with Crippen molar-refractivity contribution >= 4 is 23.7 Å². The fraction of sp³-hybridized carbons (Fsp3) is 0.294. The normalized spacial score (nSPS) is 11.1. The lowest BCUT2D eigenvalue weighted by Gasteiger charge is -2.19. The average Bonchev–Trinajstić information content (AvgIpc) is 2.53. The number of pyridine rings is 1. The molecule has 23 heavy (non-hydrogen) atoms. The number of anilines is 1. The van der Waals surface area contributed by atoms with Gasteiger partial charge >= 0.3 is 6.03 Å². The van der Waals surface area contributed by atoms with Crippen LogP contribution < -0.4 is 15.4 Å². The Kier molecular flexibility index (Phi) is 6.01. The van der Waals surface area contributed by atoms with Gasteiger partial charge in [-0.15, -0.1) is 0 Å². The van der Waals surface area contributed by atoms with Crippen molar-refractivity contribution in [3.05, 3.63) is 54.4 Å². The Morgan fingerprint density at radius 1 is 1.09 bits per heavy atom. The Bertz CT molecular complexity index is 623. The molecule has 0 bridgehead atoms. The number of amides is 2. The van der Waals surface area contributed by atoms with E-state index in [1.165, 1.54) is 0 Å². The highest BCUT2D eigenvalue weighted by Crippen LogP contribution is 2.20. The highest BCUT2D eigenvalue weighted by molar-refractivity contribution is 7.97. The van der Waals surface area contributed by atoms with Gasteiger partial charge in [-0.2, -0.15) is 0 Å². The molecule has 0 saturated carbocycles.